The molecule has 1 aromatic heterocycles. The van der Waals surface area contributed by atoms with Gasteiger partial charge in [-0.1, -0.05) is 19.0 Å². The quantitative estimate of drug-likeness (QED) is 0.883. The van der Waals surface area contributed by atoms with Gasteiger partial charge in [-0.15, -0.1) is 0 Å². The first-order chi connectivity index (χ1) is 10.3. The number of hydrogen-bond acceptors (Lipinski definition) is 5. The zero-order chi connectivity index (χ0) is 16.3. The Morgan fingerprint density at radius 3 is 2.36 bits per heavy atom. The van der Waals surface area contributed by atoms with E-state index in [1.807, 2.05) is 13.8 Å². The van der Waals surface area contributed by atoms with Gasteiger partial charge in [0.1, 0.15) is 5.76 Å². The summed E-state index contributed by atoms with van der Waals surface area (Å²) in [6, 6.07) is 6.87. The van der Waals surface area contributed by atoms with Crippen LogP contribution in [0.5, 0.6) is 0 Å². The van der Waals surface area contributed by atoms with Gasteiger partial charge in [-0.2, -0.15) is 0 Å². The fourth-order valence-corrected chi connectivity index (χ4v) is 3.40. The Hall–Kier alpha value is -1.82. The van der Waals surface area contributed by atoms with Crippen LogP contribution in [-0.2, 0) is 9.84 Å². The summed E-state index contributed by atoms with van der Waals surface area (Å²) in [5, 5.41) is 7.29. The van der Waals surface area contributed by atoms with Crippen molar-refractivity contribution in [3.63, 3.8) is 0 Å². The van der Waals surface area contributed by atoms with E-state index in [9.17, 15) is 8.42 Å². The van der Waals surface area contributed by atoms with E-state index in [1.54, 1.807) is 31.2 Å². The Bertz CT molecular complexity index is 714. The Kier molecular flexibility index (Phi) is 4.90. The summed E-state index contributed by atoms with van der Waals surface area (Å²) < 4.78 is 28.7. The highest BCUT2D eigenvalue weighted by molar-refractivity contribution is 7.91. The molecule has 0 saturated carbocycles. The zero-order valence-corrected chi connectivity index (χ0v) is 14.2. The lowest BCUT2D eigenvalue weighted by atomic mass is 9.99. The minimum absolute atomic E-state index is 0.114. The number of nitrogens with one attached hydrogen (secondary N) is 1. The summed E-state index contributed by atoms with van der Waals surface area (Å²) >= 11 is 0. The summed E-state index contributed by atoms with van der Waals surface area (Å²) in [5.41, 5.74) is 2.93. The fraction of sp³-hybridized carbons (Fsp3) is 0.438. The lowest BCUT2D eigenvalue weighted by Gasteiger charge is -2.14. The van der Waals surface area contributed by atoms with Crippen molar-refractivity contribution in [1.82, 2.24) is 5.16 Å². The highest BCUT2D eigenvalue weighted by atomic mass is 32.2. The molecule has 0 unspecified atom stereocenters. The van der Waals surface area contributed by atoms with Crippen molar-refractivity contribution in [3.05, 3.63) is 41.3 Å². The average molecular weight is 322 g/mol. The van der Waals surface area contributed by atoms with Gasteiger partial charge in [-0.3, -0.25) is 0 Å². The molecule has 5 nitrogen and oxygen atoms in total. The molecular formula is C16H22N2O3S. The van der Waals surface area contributed by atoms with Crippen molar-refractivity contribution in [2.45, 2.75) is 38.5 Å². The highest BCUT2D eigenvalue weighted by Crippen LogP contribution is 2.24. The molecule has 0 amide bonds. The van der Waals surface area contributed by atoms with Crippen LogP contribution in [0.2, 0.25) is 0 Å². The highest BCUT2D eigenvalue weighted by Gasteiger charge is 2.16. The Labute approximate surface area is 131 Å². The number of rotatable bonds is 6. The second-order valence-corrected chi connectivity index (χ2v) is 7.73. The van der Waals surface area contributed by atoms with Gasteiger partial charge in [0.15, 0.2) is 9.84 Å². The van der Waals surface area contributed by atoms with Gasteiger partial charge in [0.05, 0.1) is 16.3 Å². The van der Waals surface area contributed by atoms with Gasteiger partial charge >= 0.3 is 0 Å². The van der Waals surface area contributed by atoms with Gasteiger partial charge in [0.2, 0.25) is 0 Å². The largest absolute Gasteiger partial charge is 0.384 e. The number of hydrogen-bond donors (Lipinski definition) is 1. The maximum absolute atomic E-state index is 11.8. The molecule has 2 aromatic rings. The molecule has 0 spiro atoms. The first-order valence-electron chi connectivity index (χ1n) is 7.34. The summed E-state index contributed by atoms with van der Waals surface area (Å²) in [7, 11) is -3.14. The van der Waals surface area contributed by atoms with Crippen LogP contribution >= 0.6 is 0 Å². The van der Waals surface area contributed by atoms with Gasteiger partial charge in [0.25, 0.3) is 0 Å². The number of aryl methyl sites for hydroxylation is 2. The van der Waals surface area contributed by atoms with Gasteiger partial charge in [-0.05, 0) is 38.1 Å². The first-order valence-corrected chi connectivity index (χ1v) is 9.00. The molecule has 0 aliphatic rings. The monoisotopic (exact) mass is 322 g/mol. The predicted octanol–water partition coefficient (Wildman–Crippen LogP) is 3.30. The Morgan fingerprint density at radius 2 is 1.86 bits per heavy atom. The SMILES string of the molecule is CCS(=O)(=O)c1ccc(NC[C@H](C)c2c(C)noc2C)cc1. The van der Waals surface area contributed by atoms with Crippen molar-refractivity contribution in [2.75, 3.05) is 17.6 Å². The van der Waals surface area contributed by atoms with E-state index in [0.29, 0.717) is 4.90 Å². The van der Waals surface area contributed by atoms with Crippen LogP contribution in [-0.4, -0.2) is 25.9 Å². The Balaban J connectivity index is 2.03. The van der Waals surface area contributed by atoms with Crippen LogP contribution in [0, 0.1) is 13.8 Å². The first kappa shape index (κ1) is 16.5. The third-order valence-corrected chi connectivity index (χ3v) is 5.54. The van der Waals surface area contributed by atoms with E-state index < -0.39 is 9.84 Å². The van der Waals surface area contributed by atoms with Crippen molar-refractivity contribution in [3.8, 4) is 0 Å². The van der Waals surface area contributed by atoms with Gasteiger partial charge in [0, 0.05) is 23.7 Å². The van der Waals surface area contributed by atoms with Crippen LogP contribution in [0.1, 0.15) is 36.8 Å². The molecule has 22 heavy (non-hydrogen) atoms. The van der Waals surface area contributed by atoms with Crippen LogP contribution in [0.15, 0.2) is 33.7 Å². The second kappa shape index (κ2) is 6.52. The number of sulfone groups is 1. The van der Waals surface area contributed by atoms with E-state index in [2.05, 4.69) is 17.4 Å². The van der Waals surface area contributed by atoms with E-state index in [0.717, 1.165) is 29.2 Å². The molecule has 1 atom stereocenters. The van der Waals surface area contributed by atoms with Crippen molar-refractivity contribution < 1.29 is 12.9 Å². The smallest absolute Gasteiger partial charge is 0.178 e. The molecule has 1 heterocycles. The molecule has 2 rings (SSSR count). The lowest BCUT2D eigenvalue weighted by Crippen LogP contribution is -2.11. The maximum Gasteiger partial charge on any atom is 0.178 e. The number of benzene rings is 1. The van der Waals surface area contributed by atoms with Crippen LogP contribution in [0.3, 0.4) is 0 Å². The fourth-order valence-electron chi connectivity index (χ4n) is 2.51. The van der Waals surface area contributed by atoms with E-state index in [1.165, 1.54) is 0 Å². The molecule has 120 valence electrons. The van der Waals surface area contributed by atoms with E-state index in [4.69, 9.17) is 4.52 Å². The van der Waals surface area contributed by atoms with Crippen molar-refractivity contribution in [2.24, 2.45) is 0 Å². The third-order valence-electron chi connectivity index (χ3n) is 3.79. The standard InChI is InChI=1S/C16H22N2O3S/c1-5-22(19,20)15-8-6-14(7-9-15)17-10-11(2)16-12(3)18-21-13(16)4/h6-9,11,17H,5,10H2,1-4H3/t11-/m0/s1. The van der Waals surface area contributed by atoms with Gasteiger partial charge in [-0.25, -0.2) is 8.42 Å². The molecule has 6 heteroatoms. The van der Waals surface area contributed by atoms with Crippen LogP contribution in [0.4, 0.5) is 5.69 Å². The van der Waals surface area contributed by atoms with Crippen molar-refractivity contribution in [1.29, 1.82) is 0 Å². The zero-order valence-electron chi connectivity index (χ0n) is 13.4. The molecule has 0 saturated heterocycles. The van der Waals surface area contributed by atoms with E-state index >= 15 is 0 Å². The molecule has 0 aliphatic carbocycles. The third kappa shape index (κ3) is 3.50. The van der Waals surface area contributed by atoms with Gasteiger partial charge < -0.3 is 9.84 Å². The minimum atomic E-state index is -3.14. The number of nitrogens with zero attached hydrogens (tertiary/aromatic N) is 1. The molecule has 0 fully saturated rings. The summed E-state index contributed by atoms with van der Waals surface area (Å²) in [5.74, 6) is 1.21. The number of aromatic nitrogens is 1. The minimum Gasteiger partial charge on any atom is -0.384 e. The topological polar surface area (TPSA) is 72.2 Å². The van der Waals surface area contributed by atoms with E-state index in [-0.39, 0.29) is 11.7 Å². The average Bonchev–Trinajstić information content (AvgIpc) is 2.84. The summed E-state index contributed by atoms with van der Waals surface area (Å²) in [6.45, 7) is 8.33. The predicted molar refractivity (Wildman–Crippen MR) is 87.1 cm³/mol. The second-order valence-electron chi connectivity index (χ2n) is 5.45. The maximum atomic E-state index is 11.8. The summed E-state index contributed by atoms with van der Waals surface area (Å²) in [4.78, 5) is 0.360. The van der Waals surface area contributed by atoms with Crippen LogP contribution in [0.25, 0.3) is 0 Å². The number of anilines is 1. The Morgan fingerprint density at radius 1 is 1.23 bits per heavy atom. The molecular weight excluding hydrogens is 300 g/mol. The molecule has 0 aliphatic heterocycles. The van der Waals surface area contributed by atoms with Crippen molar-refractivity contribution >= 4 is 15.5 Å². The summed E-state index contributed by atoms with van der Waals surface area (Å²) in [6.07, 6.45) is 0. The van der Waals surface area contributed by atoms with Crippen LogP contribution < -0.4 is 5.32 Å². The molecule has 1 aromatic carbocycles. The molecule has 0 radical (unpaired) electrons. The normalized spacial score (nSPS) is 13.1. The molecule has 0 bridgehead atoms. The molecule has 1 N–H and O–H groups in total. The lowest BCUT2D eigenvalue weighted by molar-refractivity contribution is 0.391.